The summed E-state index contributed by atoms with van der Waals surface area (Å²) in [6, 6.07) is 0. The van der Waals surface area contributed by atoms with Crippen molar-refractivity contribution in [3.63, 3.8) is 0 Å². The first-order valence-electron chi connectivity index (χ1n) is 6.67. The van der Waals surface area contributed by atoms with E-state index in [-0.39, 0.29) is 0 Å². The highest BCUT2D eigenvalue weighted by atomic mass is 16.4. The van der Waals surface area contributed by atoms with Gasteiger partial charge in [-0.3, -0.25) is 19.2 Å². The molecular weight excluding hydrogens is 324 g/mol. The molecule has 0 unspecified atom stereocenters. The number of hydrogen-bond donors (Lipinski definition) is 6. The van der Waals surface area contributed by atoms with Crippen molar-refractivity contribution in [3.8, 4) is 0 Å². The highest BCUT2D eigenvalue weighted by Crippen LogP contribution is 2.13. The second kappa shape index (κ2) is 18.6. The molecule has 0 spiro atoms. The van der Waals surface area contributed by atoms with E-state index in [1.807, 2.05) is 12.2 Å². The molecule has 8 N–H and O–H groups in total. The summed E-state index contributed by atoms with van der Waals surface area (Å²) in [6.07, 6.45) is 7.11. The molecule has 1 aliphatic carbocycles. The Morgan fingerprint density at radius 3 is 1.12 bits per heavy atom. The first-order valence-corrected chi connectivity index (χ1v) is 6.67. The van der Waals surface area contributed by atoms with Gasteiger partial charge in [0.1, 0.15) is 0 Å². The molecule has 0 bridgehead atoms. The van der Waals surface area contributed by atoms with E-state index in [0.717, 1.165) is 47.0 Å². The van der Waals surface area contributed by atoms with Gasteiger partial charge in [-0.2, -0.15) is 0 Å². The molecule has 0 aliphatic heterocycles. The molecule has 0 saturated heterocycles. The van der Waals surface area contributed by atoms with Gasteiger partial charge in [-0.25, -0.2) is 0 Å². The van der Waals surface area contributed by atoms with Crippen LogP contribution in [0.5, 0.6) is 0 Å². The Morgan fingerprint density at radius 2 is 1.04 bits per heavy atom. The third-order valence-corrected chi connectivity index (χ3v) is 1.41. The average molecular weight is 352 g/mol. The maximum atomic E-state index is 9.00. The van der Waals surface area contributed by atoms with Crippen LogP contribution in [0.1, 0.15) is 47.0 Å². The van der Waals surface area contributed by atoms with Crippen LogP contribution in [0.2, 0.25) is 0 Å². The van der Waals surface area contributed by atoms with Crippen LogP contribution in [0.25, 0.3) is 0 Å². The Hall–Kier alpha value is -2.46. The molecule has 10 heteroatoms. The molecular formula is C14H28N2O8. The Bertz CT molecular complexity index is 342. The monoisotopic (exact) mass is 352 g/mol. The molecule has 0 aromatic rings. The highest BCUT2D eigenvalue weighted by molar-refractivity contribution is 5.63. The lowest BCUT2D eigenvalue weighted by molar-refractivity contribution is -0.135. The van der Waals surface area contributed by atoms with Gasteiger partial charge in [0.05, 0.1) is 5.66 Å². The van der Waals surface area contributed by atoms with Crippen molar-refractivity contribution in [1.82, 2.24) is 0 Å². The molecule has 24 heavy (non-hydrogen) atoms. The third-order valence-electron chi connectivity index (χ3n) is 1.41. The predicted octanol–water partition coefficient (Wildman–Crippen LogP) is 0.704. The lowest BCUT2D eigenvalue weighted by Gasteiger charge is -2.22. The van der Waals surface area contributed by atoms with Crippen LogP contribution in [0.3, 0.4) is 0 Å². The van der Waals surface area contributed by atoms with Crippen molar-refractivity contribution in [1.29, 1.82) is 0 Å². The molecule has 0 heterocycles. The molecule has 0 fully saturated rings. The molecule has 1 aliphatic rings. The van der Waals surface area contributed by atoms with E-state index in [4.69, 9.17) is 51.1 Å². The SMILES string of the molecule is CC(=O)O.CC(=O)O.CC(=O)O.CC(=O)O.NC1(N)C=CCCC1. The summed E-state index contributed by atoms with van der Waals surface area (Å²) >= 11 is 0. The number of carboxylic acids is 4. The minimum atomic E-state index is -0.833. The van der Waals surface area contributed by atoms with E-state index in [1.165, 1.54) is 0 Å². The molecule has 142 valence electrons. The second-order valence-electron chi connectivity index (χ2n) is 4.48. The number of allylic oxidation sites excluding steroid dienone is 1. The average Bonchev–Trinajstić information content (AvgIpc) is 2.24. The van der Waals surface area contributed by atoms with E-state index in [9.17, 15) is 0 Å². The van der Waals surface area contributed by atoms with E-state index in [0.29, 0.717) is 0 Å². The summed E-state index contributed by atoms with van der Waals surface area (Å²) in [4.78, 5) is 36.0. The lowest BCUT2D eigenvalue weighted by Crippen LogP contribution is -2.48. The zero-order valence-corrected chi connectivity index (χ0v) is 14.4. The van der Waals surface area contributed by atoms with Crippen LogP contribution >= 0.6 is 0 Å². The molecule has 0 amide bonds. The Kier molecular flexibility index (Phi) is 22.9. The van der Waals surface area contributed by atoms with Gasteiger partial charge in [-0.05, 0) is 19.3 Å². The quantitative estimate of drug-likeness (QED) is 0.266. The Balaban J connectivity index is -0.000000110. The maximum Gasteiger partial charge on any atom is 0.300 e. The fraction of sp³-hybridized carbons (Fsp3) is 0.571. The summed E-state index contributed by atoms with van der Waals surface area (Å²) in [6.45, 7) is 4.33. The first-order chi connectivity index (χ1) is 10.6. The van der Waals surface area contributed by atoms with Crippen LogP contribution in [-0.2, 0) is 19.2 Å². The van der Waals surface area contributed by atoms with Crippen LogP contribution < -0.4 is 11.5 Å². The molecule has 0 atom stereocenters. The van der Waals surface area contributed by atoms with Gasteiger partial charge in [-0.15, -0.1) is 0 Å². The largest absolute Gasteiger partial charge is 0.481 e. The minimum Gasteiger partial charge on any atom is -0.481 e. The van der Waals surface area contributed by atoms with Crippen molar-refractivity contribution in [2.24, 2.45) is 11.5 Å². The van der Waals surface area contributed by atoms with Gasteiger partial charge in [0.25, 0.3) is 23.9 Å². The lowest BCUT2D eigenvalue weighted by atomic mass is 9.98. The van der Waals surface area contributed by atoms with Crippen LogP contribution in [-0.4, -0.2) is 50.0 Å². The number of aliphatic carboxylic acids is 4. The van der Waals surface area contributed by atoms with Crippen molar-refractivity contribution in [3.05, 3.63) is 12.2 Å². The first kappa shape index (κ1) is 29.5. The fourth-order valence-corrected chi connectivity index (χ4v) is 0.912. The Morgan fingerprint density at radius 1 is 0.792 bits per heavy atom. The standard InChI is InChI=1S/C6H12N2.4C2H4O2/c7-6(8)4-2-1-3-5-6;4*1-2(3)4/h2,4H,1,3,5,7-8H2;4*1H3,(H,3,4). The summed E-state index contributed by atoms with van der Waals surface area (Å²) in [5, 5.41) is 29.7. The van der Waals surface area contributed by atoms with Crippen molar-refractivity contribution >= 4 is 23.9 Å². The fourth-order valence-electron chi connectivity index (χ4n) is 0.912. The van der Waals surface area contributed by atoms with Crippen LogP contribution in [0.15, 0.2) is 12.2 Å². The number of hydrogen-bond acceptors (Lipinski definition) is 6. The second-order valence-corrected chi connectivity index (χ2v) is 4.48. The molecule has 0 saturated carbocycles. The van der Waals surface area contributed by atoms with Gasteiger partial charge in [0, 0.05) is 27.7 Å². The highest BCUT2D eigenvalue weighted by Gasteiger charge is 2.15. The summed E-state index contributed by atoms with van der Waals surface area (Å²) in [5.41, 5.74) is 10.6. The van der Waals surface area contributed by atoms with E-state index >= 15 is 0 Å². The summed E-state index contributed by atoms with van der Waals surface area (Å²) < 4.78 is 0. The van der Waals surface area contributed by atoms with Gasteiger partial charge in [0.2, 0.25) is 0 Å². The van der Waals surface area contributed by atoms with Gasteiger partial charge < -0.3 is 31.9 Å². The van der Waals surface area contributed by atoms with E-state index in [2.05, 4.69) is 0 Å². The number of nitrogens with two attached hydrogens (primary N) is 2. The number of rotatable bonds is 0. The van der Waals surface area contributed by atoms with Crippen LogP contribution in [0, 0.1) is 0 Å². The van der Waals surface area contributed by atoms with E-state index in [1.54, 1.807) is 0 Å². The van der Waals surface area contributed by atoms with Crippen molar-refractivity contribution in [2.75, 3.05) is 0 Å². The Labute approximate surface area is 140 Å². The van der Waals surface area contributed by atoms with Crippen molar-refractivity contribution in [2.45, 2.75) is 52.6 Å². The molecule has 1 rings (SSSR count). The summed E-state index contributed by atoms with van der Waals surface area (Å²) in [7, 11) is 0. The maximum absolute atomic E-state index is 9.00. The zero-order valence-electron chi connectivity index (χ0n) is 14.4. The molecule has 0 aromatic heterocycles. The molecule has 0 radical (unpaired) electrons. The summed E-state index contributed by atoms with van der Waals surface area (Å²) in [5.74, 6) is -3.33. The van der Waals surface area contributed by atoms with Gasteiger partial charge in [0.15, 0.2) is 0 Å². The van der Waals surface area contributed by atoms with Gasteiger partial charge in [-0.1, -0.05) is 12.2 Å². The molecule has 0 aromatic carbocycles. The van der Waals surface area contributed by atoms with Crippen LogP contribution in [0.4, 0.5) is 0 Å². The van der Waals surface area contributed by atoms with E-state index < -0.39 is 29.5 Å². The number of carboxylic acid groups (broad SMARTS) is 4. The normalized spacial score (nSPS) is 12.8. The minimum absolute atomic E-state index is 0.502. The topological polar surface area (TPSA) is 201 Å². The number of carbonyl (C=O) groups is 4. The predicted molar refractivity (Wildman–Crippen MR) is 87.3 cm³/mol. The van der Waals surface area contributed by atoms with Crippen molar-refractivity contribution < 1.29 is 39.6 Å². The smallest absolute Gasteiger partial charge is 0.300 e. The third kappa shape index (κ3) is 118. The van der Waals surface area contributed by atoms with Gasteiger partial charge >= 0.3 is 0 Å². The molecule has 10 nitrogen and oxygen atoms in total. The zero-order chi connectivity index (χ0) is 20.3.